The van der Waals surface area contributed by atoms with E-state index >= 15 is 0 Å². The monoisotopic (exact) mass is 484 g/mol. The average Bonchev–Trinajstić information content (AvgIpc) is 3.63. The molecule has 3 N–H and O–H groups in total. The van der Waals surface area contributed by atoms with E-state index in [1.54, 1.807) is 42.5 Å². The topological polar surface area (TPSA) is 96.2 Å². The molecule has 0 radical (unpaired) electrons. The third kappa shape index (κ3) is 4.98. The second-order valence-electron chi connectivity index (χ2n) is 8.93. The minimum Gasteiger partial charge on any atom is -0.507 e. The van der Waals surface area contributed by atoms with Crippen molar-refractivity contribution in [2.45, 2.75) is 32.2 Å². The van der Waals surface area contributed by atoms with Gasteiger partial charge >= 0.3 is 6.03 Å². The zero-order chi connectivity index (χ0) is 25.2. The minimum atomic E-state index is -0.407. The van der Waals surface area contributed by atoms with Crippen molar-refractivity contribution < 1.29 is 19.1 Å². The molecule has 0 spiro atoms. The van der Waals surface area contributed by atoms with E-state index in [2.05, 4.69) is 15.7 Å². The van der Waals surface area contributed by atoms with Crippen LogP contribution < -0.4 is 10.6 Å². The number of nitrogens with one attached hydrogen (secondary N) is 2. The standard InChI is InChI=1S/C28H25FN4O3/c1-17-4-2-3-5-22(17)27(35)31-21-12-13-26(34)23(14-21)24-15-25(19-8-9-19)33(32-24)28(36)30-16-18-6-10-20(29)11-7-18/h2-7,10-15,19,34H,8-9,16H2,1H3,(H,30,36)(H,31,35). The van der Waals surface area contributed by atoms with Gasteiger partial charge in [0, 0.05) is 29.3 Å². The second-order valence-corrected chi connectivity index (χ2v) is 8.93. The fourth-order valence-electron chi connectivity index (χ4n) is 4.06. The van der Waals surface area contributed by atoms with Gasteiger partial charge in [0.25, 0.3) is 5.91 Å². The summed E-state index contributed by atoms with van der Waals surface area (Å²) in [5, 5.41) is 20.7. The van der Waals surface area contributed by atoms with Crippen molar-refractivity contribution in [2.24, 2.45) is 0 Å². The first-order valence-electron chi connectivity index (χ1n) is 11.7. The van der Waals surface area contributed by atoms with Crippen molar-refractivity contribution in [3.8, 4) is 17.0 Å². The maximum atomic E-state index is 13.2. The highest BCUT2D eigenvalue weighted by Gasteiger charge is 2.31. The highest BCUT2D eigenvalue weighted by atomic mass is 19.1. The molecular weight excluding hydrogens is 459 g/mol. The Labute approximate surface area is 207 Å². The largest absolute Gasteiger partial charge is 0.507 e. The molecule has 0 bridgehead atoms. The third-order valence-electron chi connectivity index (χ3n) is 6.20. The van der Waals surface area contributed by atoms with Crippen LogP contribution in [-0.4, -0.2) is 26.8 Å². The maximum Gasteiger partial charge on any atom is 0.342 e. The number of anilines is 1. The van der Waals surface area contributed by atoms with Crippen LogP contribution in [-0.2, 0) is 6.54 Å². The molecule has 3 aromatic carbocycles. The quantitative estimate of drug-likeness (QED) is 0.311. The van der Waals surface area contributed by atoms with Gasteiger partial charge in [0.2, 0.25) is 0 Å². The molecule has 1 aliphatic carbocycles. The van der Waals surface area contributed by atoms with Crippen molar-refractivity contribution >= 4 is 17.6 Å². The molecule has 0 saturated heterocycles. The molecule has 2 amide bonds. The normalized spacial score (nSPS) is 12.8. The summed E-state index contributed by atoms with van der Waals surface area (Å²) in [7, 11) is 0. The van der Waals surface area contributed by atoms with Crippen LogP contribution in [0.4, 0.5) is 14.9 Å². The number of benzene rings is 3. The van der Waals surface area contributed by atoms with Gasteiger partial charge in [-0.25, -0.2) is 9.18 Å². The smallest absolute Gasteiger partial charge is 0.342 e. The van der Waals surface area contributed by atoms with Crippen LogP contribution in [0.15, 0.2) is 72.8 Å². The van der Waals surface area contributed by atoms with Crippen molar-refractivity contribution in [1.29, 1.82) is 0 Å². The number of hydrogen-bond donors (Lipinski definition) is 3. The molecule has 0 atom stereocenters. The van der Waals surface area contributed by atoms with Crippen LogP contribution in [0.2, 0.25) is 0 Å². The van der Waals surface area contributed by atoms with Gasteiger partial charge in [-0.2, -0.15) is 9.78 Å². The lowest BCUT2D eigenvalue weighted by Crippen LogP contribution is -2.30. The SMILES string of the molecule is Cc1ccccc1C(=O)Nc1ccc(O)c(-c2cc(C3CC3)n(C(=O)NCc3ccc(F)cc3)n2)c1. The molecule has 4 aromatic rings. The predicted octanol–water partition coefficient (Wildman–Crippen LogP) is 5.59. The van der Waals surface area contributed by atoms with E-state index in [9.17, 15) is 19.1 Å². The number of carbonyl (C=O) groups excluding carboxylic acids is 2. The van der Waals surface area contributed by atoms with Gasteiger partial charge < -0.3 is 15.7 Å². The Morgan fingerprint density at radius 2 is 1.81 bits per heavy atom. The van der Waals surface area contributed by atoms with Crippen LogP contribution in [0.25, 0.3) is 11.3 Å². The lowest BCUT2D eigenvalue weighted by Gasteiger charge is -2.10. The summed E-state index contributed by atoms with van der Waals surface area (Å²) < 4.78 is 14.5. The summed E-state index contributed by atoms with van der Waals surface area (Å²) in [4.78, 5) is 25.7. The van der Waals surface area contributed by atoms with Crippen molar-refractivity contribution in [2.75, 3.05) is 5.32 Å². The zero-order valence-corrected chi connectivity index (χ0v) is 19.7. The Kier molecular flexibility index (Phi) is 6.25. The summed E-state index contributed by atoms with van der Waals surface area (Å²) in [6.45, 7) is 2.09. The number of carbonyl (C=O) groups is 2. The summed E-state index contributed by atoms with van der Waals surface area (Å²) >= 11 is 0. The van der Waals surface area contributed by atoms with Crippen molar-refractivity contribution in [3.05, 3.63) is 101 Å². The fourth-order valence-corrected chi connectivity index (χ4v) is 4.06. The number of nitrogens with zero attached hydrogens (tertiary/aromatic N) is 2. The number of halogens is 1. The van der Waals surface area contributed by atoms with Crippen LogP contribution in [0.5, 0.6) is 5.75 Å². The number of hydrogen-bond acceptors (Lipinski definition) is 4. The van der Waals surface area contributed by atoms with E-state index in [1.807, 2.05) is 19.1 Å². The number of amides is 2. The fraction of sp³-hybridized carbons (Fsp3) is 0.179. The Bertz CT molecular complexity index is 1440. The summed E-state index contributed by atoms with van der Waals surface area (Å²) in [5.74, 6) is -0.388. The highest BCUT2D eigenvalue weighted by molar-refractivity contribution is 6.05. The second kappa shape index (κ2) is 9.65. The lowest BCUT2D eigenvalue weighted by molar-refractivity contribution is 0.102. The first-order chi connectivity index (χ1) is 17.4. The van der Waals surface area contributed by atoms with Gasteiger partial charge in [-0.05, 0) is 73.4 Å². The number of aromatic nitrogens is 2. The molecule has 8 heteroatoms. The highest BCUT2D eigenvalue weighted by Crippen LogP contribution is 2.42. The molecule has 0 aliphatic heterocycles. The number of phenolic OH excluding ortho intramolecular Hbond substituents is 1. The molecule has 36 heavy (non-hydrogen) atoms. The molecule has 1 saturated carbocycles. The minimum absolute atomic E-state index is 0.0115. The summed E-state index contributed by atoms with van der Waals surface area (Å²) in [6, 6.07) is 19.3. The van der Waals surface area contributed by atoms with E-state index in [1.165, 1.54) is 22.9 Å². The first kappa shape index (κ1) is 23.3. The Morgan fingerprint density at radius 1 is 1.06 bits per heavy atom. The van der Waals surface area contributed by atoms with Crippen LogP contribution >= 0.6 is 0 Å². The van der Waals surface area contributed by atoms with E-state index in [0.29, 0.717) is 22.5 Å². The van der Waals surface area contributed by atoms with Gasteiger partial charge in [0.15, 0.2) is 0 Å². The van der Waals surface area contributed by atoms with Crippen LogP contribution in [0.1, 0.15) is 45.9 Å². The average molecular weight is 485 g/mol. The summed E-state index contributed by atoms with van der Waals surface area (Å²) in [6.07, 6.45) is 1.91. The Morgan fingerprint density at radius 3 is 2.53 bits per heavy atom. The van der Waals surface area contributed by atoms with Gasteiger partial charge in [-0.15, -0.1) is 0 Å². The van der Waals surface area contributed by atoms with E-state index in [0.717, 1.165) is 29.7 Å². The molecule has 182 valence electrons. The van der Waals surface area contributed by atoms with Gasteiger partial charge in [0.1, 0.15) is 11.6 Å². The Balaban J connectivity index is 1.39. The molecule has 0 unspecified atom stereocenters. The van der Waals surface area contributed by atoms with Gasteiger partial charge in [-0.1, -0.05) is 30.3 Å². The molecule has 1 fully saturated rings. The molecule has 1 heterocycles. The molecular formula is C28H25FN4O3. The zero-order valence-electron chi connectivity index (χ0n) is 19.7. The van der Waals surface area contributed by atoms with Crippen LogP contribution in [0.3, 0.4) is 0 Å². The molecule has 1 aliphatic rings. The van der Waals surface area contributed by atoms with Gasteiger partial charge in [0.05, 0.1) is 11.4 Å². The van der Waals surface area contributed by atoms with Crippen molar-refractivity contribution in [1.82, 2.24) is 15.1 Å². The van der Waals surface area contributed by atoms with Crippen molar-refractivity contribution in [3.63, 3.8) is 0 Å². The van der Waals surface area contributed by atoms with Gasteiger partial charge in [-0.3, -0.25) is 4.79 Å². The van der Waals surface area contributed by atoms with E-state index < -0.39 is 6.03 Å². The number of aromatic hydroxyl groups is 1. The van der Waals surface area contributed by atoms with Crippen LogP contribution in [0, 0.1) is 12.7 Å². The number of aryl methyl sites for hydroxylation is 1. The number of rotatable bonds is 6. The Hall–Kier alpha value is -4.46. The predicted molar refractivity (Wildman–Crippen MR) is 134 cm³/mol. The lowest BCUT2D eigenvalue weighted by atomic mass is 10.1. The van der Waals surface area contributed by atoms with E-state index in [4.69, 9.17) is 0 Å². The third-order valence-corrected chi connectivity index (χ3v) is 6.20. The summed E-state index contributed by atoms with van der Waals surface area (Å²) in [5.41, 5.74) is 4.27. The number of phenols is 1. The van der Waals surface area contributed by atoms with E-state index in [-0.39, 0.29) is 29.9 Å². The molecule has 5 rings (SSSR count). The first-order valence-corrected chi connectivity index (χ1v) is 11.7. The molecule has 1 aromatic heterocycles. The molecule has 7 nitrogen and oxygen atoms in total. The maximum absolute atomic E-state index is 13.2.